The maximum Gasteiger partial charge on any atom is 0.174 e. The number of thioether (sulfide) groups is 1. The summed E-state index contributed by atoms with van der Waals surface area (Å²) in [6.45, 7) is 2.36. The van der Waals surface area contributed by atoms with E-state index in [0.29, 0.717) is 11.3 Å². The Kier molecular flexibility index (Phi) is 4.16. The lowest BCUT2D eigenvalue weighted by Gasteiger charge is -2.18. The summed E-state index contributed by atoms with van der Waals surface area (Å²) >= 11 is 2.02. The van der Waals surface area contributed by atoms with Gasteiger partial charge in [0.1, 0.15) is 11.8 Å². The molecule has 1 N–H and O–H groups in total. The lowest BCUT2D eigenvalue weighted by Crippen LogP contribution is -2.24. The van der Waals surface area contributed by atoms with E-state index < -0.39 is 0 Å². The van der Waals surface area contributed by atoms with Crippen LogP contribution in [0.4, 0.5) is 5.69 Å². The van der Waals surface area contributed by atoms with Crippen LogP contribution in [0.5, 0.6) is 5.75 Å². The fourth-order valence-corrected chi connectivity index (χ4v) is 3.10. The van der Waals surface area contributed by atoms with Gasteiger partial charge in [-0.25, -0.2) is 0 Å². The number of anilines is 1. The molecule has 1 aliphatic heterocycles. The Bertz CT molecular complexity index is 399. The van der Waals surface area contributed by atoms with Crippen LogP contribution in [0.25, 0.3) is 0 Å². The normalized spacial score (nSPS) is 23.1. The first-order valence-electron chi connectivity index (χ1n) is 5.77. The Labute approximate surface area is 106 Å². The molecule has 90 valence electrons. The standard InChI is InChI=1S/C13H16N2OS/c1-10-13(6-9-17-10)15-11-2-4-12(5-3-11)16-8-7-14/h2-5,10,13,15H,6,8-9H2,1H3. The predicted molar refractivity (Wildman–Crippen MR) is 71.5 cm³/mol. The second kappa shape index (κ2) is 5.83. The summed E-state index contributed by atoms with van der Waals surface area (Å²) in [5, 5.41) is 12.6. The van der Waals surface area contributed by atoms with Crippen molar-refractivity contribution >= 4 is 17.4 Å². The van der Waals surface area contributed by atoms with Crippen LogP contribution in [0, 0.1) is 11.3 Å². The molecule has 1 aromatic carbocycles. The van der Waals surface area contributed by atoms with Crippen LogP contribution in [0.2, 0.25) is 0 Å². The molecule has 0 aromatic heterocycles. The van der Waals surface area contributed by atoms with Gasteiger partial charge in [-0.3, -0.25) is 0 Å². The molecule has 4 heteroatoms. The molecule has 2 unspecified atom stereocenters. The number of ether oxygens (including phenoxy) is 1. The molecule has 0 aliphatic carbocycles. The zero-order valence-electron chi connectivity index (χ0n) is 9.85. The van der Waals surface area contributed by atoms with Crippen molar-refractivity contribution < 1.29 is 4.74 Å². The van der Waals surface area contributed by atoms with E-state index in [0.717, 1.165) is 11.4 Å². The van der Waals surface area contributed by atoms with Crippen LogP contribution in [0.1, 0.15) is 13.3 Å². The summed E-state index contributed by atoms with van der Waals surface area (Å²) in [6, 6.07) is 10.3. The van der Waals surface area contributed by atoms with Gasteiger partial charge in [0.2, 0.25) is 0 Å². The third kappa shape index (κ3) is 3.31. The fourth-order valence-electron chi connectivity index (χ4n) is 1.90. The van der Waals surface area contributed by atoms with Crippen molar-refractivity contribution in [3.8, 4) is 11.8 Å². The molecule has 1 heterocycles. The Hall–Kier alpha value is -1.34. The summed E-state index contributed by atoms with van der Waals surface area (Å²) in [6.07, 6.45) is 1.22. The van der Waals surface area contributed by atoms with Crippen LogP contribution in [0.15, 0.2) is 24.3 Å². The van der Waals surface area contributed by atoms with Crippen LogP contribution in [-0.4, -0.2) is 23.7 Å². The molecule has 2 atom stereocenters. The average molecular weight is 248 g/mol. The molecule has 2 rings (SSSR count). The van der Waals surface area contributed by atoms with E-state index in [1.807, 2.05) is 42.1 Å². The van der Waals surface area contributed by atoms with E-state index in [2.05, 4.69) is 12.2 Å². The Morgan fingerprint density at radius 1 is 1.47 bits per heavy atom. The molecule has 17 heavy (non-hydrogen) atoms. The second-order valence-corrected chi connectivity index (χ2v) is 5.57. The molecular weight excluding hydrogens is 232 g/mol. The fraction of sp³-hybridized carbons (Fsp3) is 0.462. The smallest absolute Gasteiger partial charge is 0.174 e. The summed E-state index contributed by atoms with van der Waals surface area (Å²) in [5.41, 5.74) is 1.12. The van der Waals surface area contributed by atoms with E-state index in [1.54, 1.807) is 0 Å². The lowest BCUT2D eigenvalue weighted by molar-refractivity contribution is 0.368. The number of nitrogens with zero attached hydrogens (tertiary/aromatic N) is 1. The lowest BCUT2D eigenvalue weighted by atomic mass is 10.1. The highest BCUT2D eigenvalue weighted by atomic mass is 32.2. The van der Waals surface area contributed by atoms with Gasteiger partial charge in [-0.05, 0) is 36.4 Å². The number of benzene rings is 1. The monoisotopic (exact) mass is 248 g/mol. The van der Waals surface area contributed by atoms with Gasteiger partial charge in [-0.2, -0.15) is 17.0 Å². The molecule has 1 saturated heterocycles. The Morgan fingerprint density at radius 3 is 2.82 bits per heavy atom. The topological polar surface area (TPSA) is 45.0 Å². The van der Waals surface area contributed by atoms with Gasteiger partial charge >= 0.3 is 0 Å². The number of nitriles is 1. The third-order valence-electron chi connectivity index (χ3n) is 2.89. The highest BCUT2D eigenvalue weighted by Gasteiger charge is 2.23. The van der Waals surface area contributed by atoms with E-state index in [4.69, 9.17) is 10.00 Å². The predicted octanol–water partition coefficient (Wildman–Crippen LogP) is 2.89. The largest absolute Gasteiger partial charge is 0.479 e. The van der Waals surface area contributed by atoms with Crippen LogP contribution >= 0.6 is 11.8 Å². The molecule has 1 aromatic rings. The first-order valence-corrected chi connectivity index (χ1v) is 6.82. The maximum atomic E-state index is 8.41. The van der Waals surface area contributed by atoms with Gasteiger partial charge in [0.15, 0.2) is 6.61 Å². The minimum Gasteiger partial charge on any atom is -0.479 e. The van der Waals surface area contributed by atoms with E-state index >= 15 is 0 Å². The Morgan fingerprint density at radius 2 is 2.24 bits per heavy atom. The van der Waals surface area contributed by atoms with Gasteiger partial charge in [0, 0.05) is 17.0 Å². The van der Waals surface area contributed by atoms with Gasteiger partial charge in [0.25, 0.3) is 0 Å². The Balaban J connectivity index is 1.91. The zero-order chi connectivity index (χ0) is 12.1. The minimum atomic E-state index is 0.100. The summed E-state index contributed by atoms with van der Waals surface area (Å²) in [4.78, 5) is 0. The zero-order valence-corrected chi connectivity index (χ0v) is 10.7. The molecule has 0 saturated carbocycles. The SMILES string of the molecule is CC1SCCC1Nc1ccc(OCC#N)cc1. The molecule has 0 spiro atoms. The summed E-state index contributed by atoms with van der Waals surface area (Å²) in [5.74, 6) is 1.98. The van der Waals surface area contributed by atoms with Crippen LogP contribution in [-0.2, 0) is 0 Å². The van der Waals surface area contributed by atoms with Crippen molar-refractivity contribution in [2.24, 2.45) is 0 Å². The second-order valence-electron chi connectivity index (χ2n) is 4.09. The molecule has 1 aliphatic rings. The quantitative estimate of drug-likeness (QED) is 0.890. The highest BCUT2D eigenvalue weighted by molar-refractivity contribution is 8.00. The molecule has 0 amide bonds. The number of hydrogen-bond donors (Lipinski definition) is 1. The van der Waals surface area contributed by atoms with Crippen molar-refractivity contribution in [1.82, 2.24) is 0 Å². The van der Waals surface area contributed by atoms with Gasteiger partial charge in [-0.1, -0.05) is 6.92 Å². The first-order chi connectivity index (χ1) is 8.29. The minimum absolute atomic E-state index is 0.100. The van der Waals surface area contributed by atoms with Gasteiger partial charge in [0.05, 0.1) is 0 Å². The molecular formula is C13H16N2OS. The van der Waals surface area contributed by atoms with E-state index in [9.17, 15) is 0 Å². The molecule has 3 nitrogen and oxygen atoms in total. The molecule has 1 fully saturated rings. The average Bonchev–Trinajstić information content (AvgIpc) is 2.74. The third-order valence-corrected chi connectivity index (χ3v) is 4.21. The highest BCUT2D eigenvalue weighted by Crippen LogP contribution is 2.29. The summed E-state index contributed by atoms with van der Waals surface area (Å²) in [7, 11) is 0. The summed E-state index contributed by atoms with van der Waals surface area (Å²) < 4.78 is 5.21. The number of hydrogen-bond acceptors (Lipinski definition) is 4. The van der Waals surface area contributed by atoms with Gasteiger partial charge < -0.3 is 10.1 Å². The molecule has 0 radical (unpaired) electrons. The van der Waals surface area contributed by atoms with E-state index in [-0.39, 0.29) is 6.61 Å². The first kappa shape index (κ1) is 12.1. The van der Waals surface area contributed by atoms with Crippen LogP contribution in [0.3, 0.4) is 0 Å². The van der Waals surface area contributed by atoms with Crippen molar-refractivity contribution in [2.75, 3.05) is 17.7 Å². The number of nitrogens with one attached hydrogen (secondary N) is 1. The van der Waals surface area contributed by atoms with Crippen molar-refractivity contribution in [3.63, 3.8) is 0 Å². The van der Waals surface area contributed by atoms with Gasteiger partial charge in [-0.15, -0.1) is 0 Å². The van der Waals surface area contributed by atoms with Crippen molar-refractivity contribution in [2.45, 2.75) is 24.6 Å². The van der Waals surface area contributed by atoms with E-state index in [1.165, 1.54) is 12.2 Å². The number of rotatable bonds is 4. The van der Waals surface area contributed by atoms with Crippen LogP contribution < -0.4 is 10.1 Å². The van der Waals surface area contributed by atoms with Crippen molar-refractivity contribution in [1.29, 1.82) is 5.26 Å². The molecule has 0 bridgehead atoms. The van der Waals surface area contributed by atoms with Crippen molar-refractivity contribution in [3.05, 3.63) is 24.3 Å². The maximum absolute atomic E-state index is 8.41.